The molecule has 7 nitrogen and oxygen atoms in total. The Morgan fingerprint density at radius 1 is 1.00 bits per heavy atom. The molecule has 2 aromatic heterocycles. The zero-order chi connectivity index (χ0) is 18.2. The van der Waals surface area contributed by atoms with Crippen LogP contribution in [0.15, 0.2) is 10.5 Å². The van der Waals surface area contributed by atoms with E-state index in [0.29, 0.717) is 11.8 Å². The summed E-state index contributed by atoms with van der Waals surface area (Å²) in [6, 6.07) is 2.23. The highest BCUT2D eigenvalue weighted by Crippen LogP contribution is 2.39. The van der Waals surface area contributed by atoms with Crippen molar-refractivity contribution in [1.82, 2.24) is 25.1 Å². The van der Waals surface area contributed by atoms with Gasteiger partial charge in [0.15, 0.2) is 0 Å². The maximum atomic E-state index is 5.86. The average molecular weight is 368 g/mol. The summed E-state index contributed by atoms with van der Waals surface area (Å²) in [5.74, 6) is 4.56. The normalized spacial score (nSPS) is 23.9. The smallest absolute Gasteiger partial charge is 0.230 e. The number of likely N-dealkylation sites (tertiary alicyclic amines) is 1. The molecule has 0 aromatic carbocycles. The van der Waals surface area contributed by atoms with Crippen LogP contribution < -0.4 is 4.90 Å². The highest BCUT2D eigenvalue weighted by Gasteiger charge is 2.30. The third-order valence-electron chi connectivity index (χ3n) is 5.97. The number of anilines is 1. The van der Waals surface area contributed by atoms with Crippen molar-refractivity contribution in [2.24, 2.45) is 0 Å². The lowest BCUT2D eigenvalue weighted by Gasteiger charge is -2.32. The van der Waals surface area contributed by atoms with Crippen molar-refractivity contribution in [3.05, 3.63) is 29.4 Å². The molecule has 1 saturated carbocycles. The second kappa shape index (κ2) is 7.19. The number of hydrogen-bond donors (Lipinski definition) is 0. The van der Waals surface area contributed by atoms with Crippen LogP contribution in [0, 0.1) is 6.92 Å². The van der Waals surface area contributed by atoms with Gasteiger partial charge < -0.3 is 9.32 Å². The standard InChI is InChI=1S/C20H28N6O/c1-14-21-17(11-18(22-14)26-9-2-3-10-26)16-5-4-8-25(12-16)13-19-23-24-20(27-19)15-6-7-15/h11,15-16H,2-10,12-13H2,1H3/t16-/m1/s1. The Kier molecular flexibility index (Phi) is 4.55. The Balaban J connectivity index is 1.28. The zero-order valence-electron chi connectivity index (χ0n) is 16.1. The van der Waals surface area contributed by atoms with Crippen molar-refractivity contribution in [3.63, 3.8) is 0 Å². The van der Waals surface area contributed by atoms with Gasteiger partial charge in [0.2, 0.25) is 11.8 Å². The Hall–Kier alpha value is -2.02. The molecule has 1 aliphatic carbocycles. The van der Waals surface area contributed by atoms with Crippen LogP contribution in [0.25, 0.3) is 0 Å². The third-order valence-corrected chi connectivity index (χ3v) is 5.97. The van der Waals surface area contributed by atoms with Crippen LogP contribution in [0.5, 0.6) is 0 Å². The van der Waals surface area contributed by atoms with Crippen molar-refractivity contribution in [3.8, 4) is 0 Å². The van der Waals surface area contributed by atoms with E-state index in [9.17, 15) is 0 Å². The van der Waals surface area contributed by atoms with E-state index in [0.717, 1.165) is 56.1 Å². The Labute approximate surface area is 160 Å². The van der Waals surface area contributed by atoms with E-state index in [2.05, 4.69) is 26.1 Å². The molecule has 5 rings (SSSR count). The van der Waals surface area contributed by atoms with Crippen molar-refractivity contribution in [2.45, 2.75) is 63.8 Å². The molecule has 1 atom stereocenters. The monoisotopic (exact) mass is 368 g/mol. The molecular weight excluding hydrogens is 340 g/mol. The van der Waals surface area contributed by atoms with Gasteiger partial charge in [0, 0.05) is 37.5 Å². The maximum absolute atomic E-state index is 5.86. The van der Waals surface area contributed by atoms with E-state index < -0.39 is 0 Å². The number of nitrogens with zero attached hydrogens (tertiary/aromatic N) is 6. The van der Waals surface area contributed by atoms with Crippen LogP contribution in [-0.2, 0) is 6.54 Å². The minimum Gasteiger partial charge on any atom is -0.424 e. The summed E-state index contributed by atoms with van der Waals surface area (Å²) in [6.45, 7) is 7.08. The van der Waals surface area contributed by atoms with Crippen LogP contribution in [0.4, 0.5) is 5.82 Å². The van der Waals surface area contributed by atoms with Crippen molar-refractivity contribution >= 4 is 5.82 Å². The van der Waals surface area contributed by atoms with Crippen molar-refractivity contribution < 1.29 is 4.42 Å². The molecule has 0 unspecified atom stereocenters. The lowest BCUT2D eigenvalue weighted by Crippen LogP contribution is -2.34. The number of hydrogen-bond acceptors (Lipinski definition) is 7. The molecule has 0 radical (unpaired) electrons. The van der Waals surface area contributed by atoms with E-state index in [1.807, 2.05) is 6.92 Å². The molecule has 2 aliphatic heterocycles. The van der Waals surface area contributed by atoms with Gasteiger partial charge in [-0.05, 0) is 52.0 Å². The molecule has 0 N–H and O–H groups in total. The largest absolute Gasteiger partial charge is 0.424 e. The summed E-state index contributed by atoms with van der Waals surface area (Å²) >= 11 is 0. The fraction of sp³-hybridized carbons (Fsp3) is 0.700. The zero-order valence-corrected chi connectivity index (χ0v) is 16.1. The number of aromatic nitrogens is 4. The summed E-state index contributed by atoms with van der Waals surface area (Å²) in [7, 11) is 0. The van der Waals surface area contributed by atoms with Crippen LogP contribution >= 0.6 is 0 Å². The van der Waals surface area contributed by atoms with Crippen LogP contribution in [0.2, 0.25) is 0 Å². The van der Waals surface area contributed by atoms with Gasteiger partial charge in [0.25, 0.3) is 0 Å². The van der Waals surface area contributed by atoms with Gasteiger partial charge in [0.05, 0.1) is 12.2 Å². The van der Waals surface area contributed by atoms with Gasteiger partial charge in [-0.15, -0.1) is 10.2 Å². The number of aryl methyl sites for hydroxylation is 1. The Morgan fingerprint density at radius 2 is 1.85 bits per heavy atom. The average Bonchev–Trinajstić information content (AvgIpc) is 3.17. The van der Waals surface area contributed by atoms with Crippen molar-refractivity contribution in [1.29, 1.82) is 0 Å². The van der Waals surface area contributed by atoms with E-state index in [1.165, 1.54) is 44.2 Å². The quantitative estimate of drug-likeness (QED) is 0.803. The highest BCUT2D eigenvalue weighted by atomic mass is 16.4. The number of rotatable bonds is 5. The van der Waals surface area contributed by atoms with Gasteiger partial charge in [-0.25, -0.2) is 9.97 Å². The molecule has 2 saturated heterocycles. The second-order valence-electron chi connectivity index (χ2n) is 8.27. The minimum absolute atomic E-state index is 0.452. The maximum Gasteiger partial charge on any atom is 0.230 e. The topological polar surface area (TPSA) is 71.2 Å². The van der Waals surface area contributed by atoms with Crippen LogP contribution in [0.1, 0.15) is 73.7 Å². The number of piperidine rings is 1. The molecular formula is C20H28N6O. The van der Waals surface area contributed by atoms with E-state index in [-0.39, 0.29) is 0 Å². The van der Waals surface area contributed by atoms with Gasteiger partial charge in [-0.2, -0.15) is 0 Å². The Morgan fingerprint density at radius 3 is 2.67 bits per heavy atom. The summed E-state index contributed by atoms with van der Waals surface area (Å²) in [4.78, 5) is 14.3. The van der Waals surface area contributed by atoms with Crippen LogP contribution in [-0.4, -0.2) is 51.2 Å². The minimum atomic E-state index is 0.452. The first-order valence-electron chi connectivity index (χ1n) is 10.4. The van der Waals surface area contributed by atoms with E-state index in [1.54, 1.807) is 0 Å². The molecule has 0 amide bonds. The Bertz CT molecular complexity index is 796. The third kappa shape index (κ3) is 3.83. The first-order chi connectivity index (χ1) is 13.2. The lowest BCUT2D eigenvalue weighted by atomic mass is 9.94. The first-order valence-corrected chi connectivity index (χ1v) is 10.4. The summed E-state index contributed by atoms with van der Waals surface area (Å²) < 4.78 is 5.86. The van der Waals surface area contributed by atoms with E-state index in [4.69, 9.17) is 14.4 Å². The fourth-order valence-electron chi connectivity index (χ4n) is 4.35. The highest BCUT2D eigenvalue weighted by molar-refractivity contribution is 5.41. The van der Waals surface area contributed by atoms with Gasteiger partial charge in [0.1, 0.15) is 11.6 Å². The summed E-state index contributed by atoms with van der Waals surface area (Å²) in [5.41, 5.74) is 1.19. The fourth-order valence-corrected chi connectivity index (χ4v) is 4.35. The molecule has 2 aromatic rings. The van der Waals surface area contributed by atoms with E-state index >= 15 is 0 Å². The summed E-state index contributed by atoms with van der Waals surface area (Å²) in [6.07, 6.45) is 7.28. The summed E-state index contributed by atoms with van der Waals surface area (Å²) in [5, 5.41) is 8.48. The first kappa shape index (κ1) is 17.1. The molecule has 144 valence electrons. The predicted molar refractivity (Wildman–Crippen MR) is 102 cm³/mol. The van der Waals surface area contributed by atoms with Crippen LogP contribution in [0.3, 0.4) is 0 Å². The predicted octanol–water partition coefficient (Wildman–Crippen LogP) is 3.03. The molecule has 3 aliphatic rings. The second-order valence-corrected chi connectivity index (χ2v) is 8.27. The van der Waals surface area contributed by atoms with Crippen molar-refractivity contribution in [2.75, 3.05) is 31.1 Å². The molecule has 4 heterocycles. The lowest BCUT2D eigenvalue weighted by molar-refractivity contribution is 0.181. The van der Waals surface area contributed by atoms with Gasteiger partial charge in [-0.1, -0.05) is 0 Å². The van der Waals surface area contributed by atoms with Gasteiger partial charge >= 0.3 is 0 Å². The molecule has 0 spiro atoms. The van der Waals surface area contributed by atoms with Gasteiger partial charge in [-0.3, -0.25) is 4.90 Å². The SMILES string of the molecule is Cc1nc([C@@H]2CCCN(Cc3nnc(C4CC4)o3)C2)cc(N2CCCC2)n1. The molecule has 27 heavy (non-hydrogen) atoms. The molecule has 0 bridgehead atoms. The molecule has 3 fully saturated rings. The molecule has 7 heteroatoms.